The molecule has 0 saturated heterocycles. The highest BCUT2D eigenvalue weighted by molar-refractivity contribution is 6.03. The maximum absolute atomic E-state index is 12.5. The number of fused-ring (bicyclic) bond motifs is 1. The standard InChI is InChI=1S/C19H24N2O3/c1-18(2,3)16-12-19(4,24-21-16)17(22)23-20-15-11-7-9-13-8-5-6-10-14(13)15/h5-6,8,10H,7,9,11-12H2,1-4H3/b20-15+. The molecule has 1 unspecified atom stereocenters. The average Bonchev–Trinajstić information content (AvgIpc) is 2.96. The van der Waals surface area contributed by atoms with E-state index in [2.05, 4.69) is 16.4 Å². The molecule has 1 aromatic carbocycles. The van der Waals surface area contributed by atoms with E-state index in [4.69, 9.17) is 9.68 Å². The zero-order valence-corrected chi connectivity index (χ0v) is 14.8. The molecule has 24 heavy (non-hydrogen) atoms. The van der Waals surface area contributed by atoms with E-state index < -0.39 is 11.6 Å². The summed E-state index contributed by atoms with van der Waals surface area (Å²) in [6, 6.07) is 8.12. The number of oxime groups is 2. The highest BCUT2D eigenvalue weighted by Gasteiger charge is 2.46. The van der Waals surface area contributed by atoms with Gasteiger partial charge in [0, 0.05) is 17.4 Å². The van der Waals surface area contributed by atoms with Crippen LogP contribution in [0.1, 0.15) is 58.1 Å². The molecule has 0 spiro atoms. The van der Waals surface area contributed by atoms with Gasteiger partial charge in [-0.1, -0.05) is 55.3 Å². The Balaban J connectivity index is 1.71. The molecule has 0 N–H and O–H groups in total. The number of hydrogen-bond donors (Lipinski definition) is 0. The van der Waals surface area contributed by atoms with Gasteiger partial charge in [-0.25, -0.2) is 4.79 Å². The Kier molecular flexibility index (Phi) is 4.20. The van der Waals surface area contributed by atoms with Crippen LogP contribution in [0.2, 0.25) is 0 Å². The summed E-state index contributed by atoms with van der Waals surface area (Å²) in [5.41, 5.74) is 2.77. The molecule has 0 radical (unpaired) electrons. The highest BCUT2D eigenvalue weighted by atomic mass is 16.7. The van der Waals surface area contributed by atoms with Gasteiger partial charge in [-0.2, -0.15) is 0 Å². The molecule has 1 aliphatic carbocycles. The van der Waals surface area contributed by atoms with Crippen LogP contribution in [-0.2, 0) is 20.9 Å². The van der Waals surface area contributed by atoms with E-state index in [-0.39, 0.29) is 5.41 Å². The van der Waals surface area contributed by atoms with E-state index in [0.29, 0.717) is 6.42 Å². The average molecular weight is 328 g/mol. The zero-order chi connectivity index (χ0) is 17.4. The second kappa shape index (κ2) is 6.04. The van der Waals surface area contributed by atoms with Crippen molar-refractivity contribution in [2.24, 2.45) is 15.7 Å². The monoisotopic (exact) mass is 328 g/mol. The Bertz CT molecular complexity index is 716. The largest absolute Gasteiger partial charge is 0.381 e. The minimum atomic E-state index is -1.10. The number of carbonyl (C=O) groups is 1. The van der Waals surface area contributed by atoms with Crippen molar-refractivity contribution in [3.05, 3.63) is 35.4 Å². The third-order valence-corrected chi connectivity index (χ3v) is 4.59. The molecule has 128 valence electrons. The molecule has 0 bridgehead atoms. The van der Waals surface area contributed by atoms with Crippen molar-refractivity contribution in [2.45, 2.75) is 59.0 Å². The van der Waals surface area contributed by atoms with Crippen molar-refractivity contribution in [2.75, 3.05) is 0 Å². The molecule has 0 saturated carbocycles. The topological polar surface area (TPSA) is 60.2 Å². The summed E-state index contributed by atoms with van der Waals surface area (Å²) in [5, 5.41) is 8.22. The summed E-state index contributed by atoms with van der Waals surface area (Å²) in [5.74, 6) is -0.499. The maximum Gasteiger partial charge on any atom is 0.381 e. The van der Waals surface area contributed by atoms with Gasteiger partial charge in [0.25, 0.3) is 0 Å². The minimum absolute atomic E-state index is 0.133. The van der Waals surface area contributed by atoms with Gasteiger partial charge in [0.15, 0.2) is 0 Å². The zero-order valence-electron chi connectivity index (χ0n) is 14.8. The van der Waals surface area contributed by atoms with E-state index in [1.165, 1.54) is 5.56 Å². The number of nitrogens with zero attached hydrogens (tertiary/aromatic N) is 2. The lowest BCUT2D eigenvalue weighted by molar-refractivity contribution is -0.167. The van der Waals surface area contributed by atoms with E-state index in [1.54, 1.807) is 6.92 Å². The highest BCUT2D eigenvalue weighted by Crippen LogP contribution is 2.33. The van der Waals surface area contributed by atoms with Crippen molar-refractivity contribution in [1.29, 1.82) is 0 Å². The first-order valence-electron chi connectivity index (χ1n) is 8.42. The van der Waals surface area contributed by atoms with E-state index in [0.717, 1.165) is 36.2 Å². The molecule has 0 amide bonds. The summed E-state index contributed by atoms with van der Waals surface area (Å²) in [6.45, 7) is 7.84. The van der Waals surface area contributed by atoms with Crippen molar-refractivity contribution in [3.63, 3.8) is 0 Å². The molecule has 3 rings (SSSR count). The minimum Gasteiger partial charge on any atom is -0.377 e. The van der Waals surface area contributed by atoms with Gasteiger partial charge in [-0.05, 0) is 31.7 Å². The predicted octanol–water partition coefficient (Wildman–Crippen LogP) is 3.85. The molecule has 5 nitrogen and oxygen atoms in total. The van der Waals surface area contributed by atoms with Gasteiger partial charge in [0.05, 0.1) is 11.4 Å². The van der Waals surface area contributed by atoms with E-state index in [1.807, 2.05) is 39.0 Å². The lowest BCUT2D eigenvalue weighted by atomic mass is 9.84. The van der Waals surface area contributed by atoms with Crippen molar-refractivity contribution in [1.82, 2.24) is 0 Å². The van der Waals surface area contributed by atoms with E-state index >= 15 is 0 Å². The molecular formula is C19H24N2O3. The third-order valence-electron chi connectivity index (χ3n) is 4.59. The molecule has 0 fully saturated rings. The molecule has 0 aromatic heterocycles. The van der Waals surface area contributed by atoms with Crippen LogP contribution >= 0.6 is 0 Å². The van der Waals surface area contributed by atoms with Crippen molar-refractivity contribution in [3.8, 4) is 0 Å². The first-order valence-corrected chi connectivity index (χ1v) is 8.42. The van der Waals surface area contributed by atoms with Gasteiger partial charge >= 0.3 is 5.97 Å². The van der Waals surface area contributed by atoms with Gasteiger partial charge < -0.3 is 9.68 Å². The third kappa shape index (κ3) is 3.21. The smallest absolute Gasteiger partial charge is 0.377 e. The maximum atomic E-state index is 12.5. The lowest BCUT2D eigenvalue weighted by Gasteiger charge is -2.21. The Morgan fingerprint density at radius 1 is 1.29 bits per heavy atom. The van der Waals surface area contributed by atoms with Crippen LogP contribution in [0.5, 0.6) is 0 Å². The fourth-order valence-corrected chi connectivity index (χ4v) is 2.94. The van der Waals surface area contributed by atoms with Crippen molar-refractivity contribution < 1.29 is 14.5 Å². The first kappa shape index (κ1) is 16.7. The lowest BCUT2D eigenvalue weighted by Crippen LogP contribution is -2.38. The van der Waals surface area contributed by atoms with Crippen LogP contribution in [0, 0.1) is 5.41 Å². The van der Waals surface area contributed by atoms with Gasteiger partial charge in [-0.3, -0.25) is 0 Å². The van der Waals surface area contributed by atoms with Crippen LogP contribution in [0.15, 0.2) is 34.6 Å². The first-order chi connectivity index (χ1) is 11.3. The molecule has 1 atom stereocenters. The van der Waals surface area contributed by atoms with Crippen LogP contribution < -0.4 is 0 Å². The molecular weight excluding hydrogens is 304 g/mol. The second-order valence-electron chi connectivity index (χ2n) is 7.71. The number of hydrogen-bond acceptors (Lipinski definition) is 5. The Morgan fingerprint density at radius 3 is 2.75 bits per heavy atom. The fourth-order valence-electron chi connectivity index (χ4n) is 2.94. The second-order valence-corrected chi connectivity index (χ2v) is 7.71. The Morgan fingerprint density at radius 2 is 2.04 bits per heavy atom. The molecule has 1 heterocycles. The summed E-state index contributed by atoms with van der Waals surface area (Å²) in [6.07, 6.45) is 3.29. The number of rotatable bonds is 2. The van der Waals surface area contributed by atoms with Gasteiger partial charge in [-0.15, -0.1) is 0 Å². The Hall–Kier alpha value is -2.17. The van der Waals surface area contributed by atoms with Gasteiger partial charge in [0.1, 0.15) is 0 Å². The number of benzene rings is 1. The fraction of sp³-hybridized carbons (Fsp3) is 0.526. The van der Waals surface area contributed by atoms with Gasteiger partial charge in [0.2, 0.25) is 5.60 Å². The number of aryl methyl sites for hydroxylation is 1. The van der Waals surface area contributed by atoms with Crippen LogP contribution in [0.3, 0.4) is 0 Å². The summed E-state index contributed by atoms with van der Waals surface area (Å²) in [4.78, 5) is 23.1. The molecule has 1 aromatic rings. The van der Waals surface area contributed by atoms with Crippen molar-refractivity contribution >= 4 is 17.4 Å². The SMILES string of the molecule is CC(C)(C)C1=NOC(C)(C(=O)O/N=C2\CCCc3ccccc32)C1. The van der Waals surface area contributed by atoms with Crippen LogP contribution in [0.4, 0.5) is 0 Å². The van der Waals surface area contributed by atoms with Crippen LogP contribution in [-0.4, -0.2) is 23.0 Å². The summed E-state index contributed by atoms with van der Waals surface area (Å²) in [7, 11) is 0. The van der Waals surface area contributed by atoms with Crippen LogP contribution in [0.25, 0.3) is 0 Å². The normalized spacial score (nSPS) is 25.0. The molecule has 5 heteroatoms. The Labute approximate surface area is 142 Å². The van der Waals surface area contributed by atoms with E-state index in [9.17, 15) is 4.79 Å². The number of carbonyl (C=O) groups excluding carboxylic acids is 1. The molecule has 2 aliphatic rings. The quantitative estimate of drug-likeness (QED) is 0.612. The predicted molar refractivity (Wildman–Crippen MR) is 93.0 cm³/mol. The summed E-state index contributed by atoms with van der Waals surface area (Å²) < 4.78 is 0. The summed E-state index contributed by atoms with van der Waals surface area (Å²) >= 11 is 0. The molecule has 1 aliphatic heterocycles.